The average molecular weight is 493 g/mol. The van der Waals surface area contributed by atoms with Crippen molar-refractivity contribution in [3.8, 4) is 9.88 Å². The van der Waals surface area contributed by atoms with E-state index in [0.717, 1.165) is 49.2 Å². The summed E-state index contributed by atoms with van der Waals surface area (Å²) in [6.45, 7) is 4.43. The van der Waals surface area contributed by atoms with Crippen molar-refractivity contribution in [1.82, 2.24) is 14.6 Å². The van der Waals surface area contributed by atoms with Crippen molar-refractivity contribution >= 4 is 44.3 Å². The van der Waals surface area contributed by atoms with Crippen LogP contribution in [0.5, 0.6) is 0 Å². The number of nitrogens with zero attached hydrogens (tertiary/aromatic N) is 2. The first kappa shape index (κ1) is 23.0. The zero-order chi connectivity index (χ0) is 22.4. The lowest BCUT2D eigenvalue weighted by Gasteiger charge is -2.26. The first-order valence-corrected chi connectivity index (χ1v) is 13.5. The Labute approximate surface area is 195 Å². The summed E-state index contributed by atoms with van der Waals surface area (Å²) < 4.78 is 33.0. The zero-order valence-electron chi connectivity index (χ0n) is 17.3. The van der Waals surface area contributed by atoms with Gasteiger partial charge in [0.05, 0.1) is 23.0 Å². The van der Waals surface area contributed by atoms with Crippen LogP contribution in [-0.4, -0.2) is 63.6 Å². The monoisotopic (exact) mass is 492 g/mol. The predicted molar refractivity (Wildman–Crippen MR) is 127 cm³/mol. The number of carbonyl (C=O) groups is 1. The highest BCUT2D eigenvalue weighted by atomic mass is 32.2. The predicted octanol–water partition coefficient (Wildman–Crippen LogP) is 3.12. The lowest BCUT2D eigenvalue weighted by molar-refractivity contribution is 0.0376. The molecule has 2 N–H and O–H groups in total. The molecule has 32 heavy (non-hydrogen) atoms. The van der Waals surface area contributed by atoms with Gasteiger partial charge in [-0.2, -0.15) is 0 Å². The molecule has 1 fully saturated rings. The standard InChI is InChI=1S/C21H24N4O4S3/c26-20(18-15-31-21(24-18)19-3-1-14-30-19)23-16-4-6-17(7-5-16)32(27,28)22-8-2-9-25-10-12-29-13-11-25/h1,3-7,14-15,22H,2,8-13H2,(H,23,26). The molecule has 1 aliphatic rings. The van der Waals surface area contributed by atoms with Crippen LogP contribution in [0.15, 0.2) is 52.1 Å². The van der Waals surface area contributed by atoms with Crippen LogP contribution in [0.2, 0.25) is 0 Å². The largest absolute Gasteiger partial charge is 0.379 e. The van der Waals surface area contributed by atoms with Crippen LogP contribution in [0.3, 0.4) is 0 Å². The van der Waals surface area contributed by atoms with Gasteiger partial charge in [-0.1, -0.05) is 6.07 Å². The van der Waals surface area contributed by atoms with Gasteiger partial charge in [0.2, 0.25) is 10.0 Å². The Bertz CT molecular complexity index is 1120. The van der Waals surface area contributed by atoms with Gasteiger partial charge in [0.15, 0.2) is 0 Å². The van der Waals surface area contributed by atoms with Gasteiger partial charge in [-0.25, -0.2) is 18.1 Å². The number of hydrogen-bond donors (Lipinski definition) is 2. The van der Waals surface area contributed by atoms with E-state index in [4.69, 9.17) is 4.74 Å². The topological polar surface area (TPSA) is 101 Å². The van der Waals surface area contributed by atoms with Crippen LogP contribution >= 0.6 is 22.7 Å². The number of thiophene rings is 1. The fourth-order valence-electron chi connectivity index (χ4n) is 3.22. The molecule has 0 spiro atoms. The van der Waals surface area contributed by atoms with Gasteiger partial charge >= 0.3 is 0 Å². The maximum atomic E-state index is 12.5. The molecule has 0 aliphatic carbocycles. The minimum Gasteiger partial charge on any atom is -0.379 e. The Morgan fingerprint density at radius 2 is 1.91 bits per heavy atom. The molecule has 3 heterocycles. The summed E-state index contributed by atoms with van der Waals surface area (Å²) >= 11 is 2.98. The van der Waals surface area contributed by atoms with Crippen molar-refractivity contribution in [2.45, 2.75) is 11.3 Å². The molecule has 1 amide bonds. The number of carbonyl (C=O) groups excluding carboxylic acids is 1. The van der Waals surface area contributed by atoms with Crippen molar-refractivity contribution < 1.29 is 17.9 Å². The quantitative estimate of drug-likeness (QED) is 0.445. The van der Waals surface area contributed by atoms with Crippen molar-refractivity contribution in [1.29, 1.82) is 0 Å². The summed E-state index contributed by atoms with van der Waals surface area (Å²) in [7, 11) is -3.60. The van der Waals surface area contributed by atoms with E-state index in [1.54, 1.807) is 28.8 Å². The Kier molecular flexibility index (Phi) is 7.66. The molecule has 0 unspecified atom stereocenters. The SMILES string of the molecule is O=C(Nc1ccc(S(=O)(=O)NCCCN2CCOCC2)cc1)c1csc(-c2cccs2)n1. The van der Waals surface area contributed by atoms with Crippen molar-refractivity contribution in [2.75, 3.05) is 44.7 Å². The van der Waals surface area contributed by atoms with Gasteiger partial charge in [-0.05, 0) is 48.7 Å². The smallest absolute Gasteiger partial charge is 0.275 e. The molecule has 11 heteroatoms. The van der Waals surface area contributed by atoms with Gasteiger partial charge in [0.1, 0.15) is 10.7 Å². The fraction of sp³-hybridized carbons (Fsp3) is 0.333. The first-order chi connectivity index (χ1) is 15.5. The van der Waals surface area contributed by atoms with Crippen LogP contribution in [0.1, 0.15) is 16.9 Å². The Hall–Kier alpha value is -2.15. The molecule has 0 atom stereocenters. The lowest BCUT2D eigenvalue weighted by atomic mass is 10.3. The van der Waals surface area contributed by atoms with Crippen LogP contribution in [0.25, 0.3) is 9.88 Å². The van der Waals surface area contributed by atoms with Crippen LogP contribution in [0.4, 0.5) is 5.69 Å². The summed E-state index contributed by atoms with van der Waals surface area (Å²) in [5.74, 6) is -0.332. The number of anilines is 1. The molecule has 0 bridgehead atoms. The number of rotatable bonds is 9. The number of nitrogens with one attached hydrogen (secondary N) is 2. The van der Waals surface area contributed by atoms with E-state index < -0.39 is 10.0 Å². The molecular weight excluding hydrogens is 468 g/mol. The van der Waals surface area contributed by atoms with Crippen LogP contribution in [-0.2, 0) is 14.8 Å². The first-order valence-electron chi connectivity index (χ1n) is 10.2. The highest BCUT2D eigenvalue weighted by Gasteiger charge is 2.16. The summed E-state index contributed by atoms with van der Waals surface area (Å²) in [5, 5.41) is 7.24. The number of thiazole rings is 1. The molecule has 8 nitrogen and oxygen atoms in total. The third kappa shape index (κ3) is 6.00. The normalized spacial score (nSPS) is 15.0. The van der Waals surface area contributed by atoms with Crippen molar-refractivity contribution in [3.05, 3.63) is 52.9 Å². The van der Waals surface area contributed by atoms with Crippen LogP contribution < -0.4 is 10.0 Å². The van der Waals surface area contributed by atoms with E-state index in [1.807, 2.05) is 17.5 Å². The minimum absolute atomic E-state index is 0.163. The maximum absolute atomic E-state index is 12.5. The summed E-state index contributed by atoms with van der Waals surface area (Å²) in [6.07, 6.45) is 0.731. The maximum Gasteiger partial charge on any atom is 0.275 e. The van der Waals surface area contributed by atoms with E-state index in [0.29, 0.717) is 17.9 Å². The Morgan fingerprint density at radius 1 is 1.12 bits per heavy atom. The molecule has 0 radical (unpaired) electrons. The van der Waals surface area contributed by atoms with E-state index in [-0.39, 0.29) is 10.8 Å². The third-order valence-corrected chi connectivity index (χ3v) is 8.30. The van der Waals surface area contributed by atoms with Gasteiger partial charge in [0, 0.05) is 30.7 Å². The number of aromatic nitrogens is 1. The number of morpholine rings is 1. The van der Waals surface area contributed by atoms with E-state index >= 15 is 0 Å². The molecule has 1 aliphatic heterocycles. The number of ether oxygens (including phenoxy) is 1. The molecule has 2 aromatic heterocycles. The fourth-order valence-corrected chi connectivity index (χ4v) is 5.91. The molecule has 1 aromatic carbocycles. The summed E-state index contributed by atoms with van der Waals surface area (Å²) in [4.78, 5) is 20.3. The molecule has 0 saturated carbocycles. The van der Waals surface area contributed by atoms with Gasteiger partial charge in [-0.3, -0.25) is 9.69 Å². The second-order valence-electron chi connectivity index (χ2n) is 7.20. The van der Waals surface area contributed by atoms with Gasteiger partial charge < -0.3 is 10.1 Å². The second-order valence-corrected chi connectivity index (χ2v) is 10.8. The Balaban J connectivity index is 1.28. The number of sulfonamides is 1. The molecule has 1 saturated heterocycles. The zero-order valence-corrected chi connectivity index (χ0v) is 19.8. The number of hydrogen-bond acceptors (Lipinski definition) is 8. The van der Waals surface area contributed by atoms with Gasteiger partial charge in [0.25, 0.3) is 5.91 Å². The minimum atomic E-state index is -3.60. The molecule has 3 aromatic rings. The molecule has 4 rings (SSSR count). The van der Waals surface area contributed by atoms with Crippen molar-refractivity contribution in [2.24, 2.45) is 0 Å². The highest BCUT2D eigenvalue weighted by Crippen LogP contribution is 2.28. The average Bonchev–Trinajstić information content (AvgIpc) is 3.50. The summed E-state index contributed by atoms with van der Waals surface area (Å²) in [6, 6.07) is 10.0. The van der Waals surface area contributed by atoms with Gasteiger partial charge in [-0.15, -0.1) is 22.7 Å². The second kappa shape index (κ2) is 10.6. The Morgan fingerprint density at radius 3 is 2.62 bits per heavy atom. The number of amides is 1. The van der Waals surface area contributed by atoms with E-state index in [9.17, 15) is 13.2 Å². The van der Waals surface area contributed by atoms with Crippen molar-refractivity contribution in [3.63, 3.8) is 0 Å². The lowest BCUT2D eigenvalue weighted by Crippen LogP contribution is -2.38. The van der Waals surface area contributed by atoms with E-state index in [2.05, 4.69) is 19.9 Å². The molecular formula is C21H24N4O4S3. The third-order valence-electron chi connectivity index (χ3n) is 4.94. The molecule has 170 valence electrons. The highest BCUT2D eigenvalue weighted by molar-refractivity contribution is 7.89. The van der Waals surface area contributed by atoms with E-state index in [1.165, 1.54) is 23.5 Å². The summed E-state index contributed by atoms with van der Waals surface area (Å²) in [5.41, 5.74) is 0.837. The number of benzene rings is 1. The van der Waals surface area contributed by atoms with Crippen LogP contribution in [0, 0.1) is 0 Å².